The van der Waals surface area contributed by atoms with E-state index in [1.165, 1.54) is 0 Å². The van der Waals surface area contributed by atoms with Gasteiger partial charge in [-0.05, 0) is 0 Å². The van der Waals surface area contributed by atoms with Crippen LogP contribution in [-0.2, 0) is 4.79 Å². The molecule has 0 aromatic carbocycles. The first-order valence-electron chi connectivity index (χ1n) is 4.05. The highest BCUT2D eigenvalue weighted by Crippen LogP contribution is 2.10. The normalized spacial score (nSPS) is 10.4. The maximum atomic E-state index is 9.68. The van der Waals surface area contributed by atoms with E-state index in [-0.39, 0.29) is 19.8 Å². The van der Waals surface area contributed by atoms with Crippen molar-refractivity contribution >= 4 is 5.78 Å². The quantitative estimate of drug-likeness (QED) is 0.342. The van der Waals surface area contributed by atoms with Crippen LogP contribution in [0.15, 0.2) is 0 Å². The SMILES string of the molecule is CC(CO)(CO)CO.O=C(CO)CO. The van der Waals surface area contributed by atoms with Crippen molar-refractivity contribution in [2.75, 3.05) is 33.0 Å². The fourth-order valence-corrected chi connectivity index (χ4v) is 0.200. The van der Waals surface area contributed by atoms with Crippen LogP contribution in [-0.4, -0.2) is 64.4 Å². The molecule has 0 amide bonds. The molecule has 0 rings (SSSR count). The fourth-order valence-electron chi connectivity index (χ4n) is 0.200. The van der Waals surface area contributed by atoms with Gasteiger partial charge in [-0.15, -0.1) is 0 Å². The van der Waals surface area contributed by atoms with E-state index in [0.717, 1.165) is 0 Å². The molecule has 0 aliphatic carbocycles. The summed E-state index contributed by atoms with van der Waals surface area (Å²) < 4.78 is 0. The van der Waals surface area contributed by atoms with Crippen molar-refractivity contribution in [1.29, 1.82) is 0 Å². The van der Waals surface area contributed by atoms with Gasteiger partial charge in [0.05, 0.1) is 19.8 Å². The van der Waals surface area contributed by atoms with Crippen LogP contribution in [0.25, 0.3) is 0 Å². The minimum absolute atomic E-state index is 0.181. The van der Waals surface area contributed by atoms with Crippen LogP contribution >= 0.6 is 0 Å². The molecule has 6 heteroatoms. The van der Waals surface area contributed by atoms with Crippen molar-refractivity contribution in [3.8, 4) is 0 Å². The highest BCUT2D eigenvalue weighted by atomic mass is 16.3. The van der Waals surface area contributed by atoms with E-state index in [1.807, 2.05) is 0 Å². The van der Waals surface area contributed by atoms with Gasteiger partial charge < -0.3 is 25.5 Å². The predicted octanol–water partition coefficient (Wildman–Crippen LogP) is -2.49. The van der Waals surface area contributed by atoms with E-state index in [1.54, 1.807) is 6.92 Å². The summed E-state index contributed by atoms with van der Waals surface area (Å²) in [5.74, 6) is -0.546. The third-order valence-corrected chi connectivity index (χ3v) is 1.50. The Balaban J connectivity index is 0. The van der Waals surface area contributed by atoms with E-state index in [0.29, 0.717) is 0 Å². The lowest BCUT2D eigenvalue weighted by Crippen LogP contribution is -2.29. The number of rotatable bonds is 5. The van der Waals surface area contributed by atoms with Crippen molar-refractivity contribution in [2.24, 2.45) is 5.41 Å². The Kier molecular flexibility index (Phi) is 10.3. The summed E-state index contributed by atoms with van der Waals surface area (Å²) in [6, 6.07) is 0. The highest BCUT2D eigenvalue weighted by molar-refractivity contribution is 5.80. The molecule has 0 spiro atoms. The zero-order valence-corrected chi connectivity index (χ0v) is 8.18. The highest BCUT2D eigenvalue weighted by Gasteiger charge is 2.20. The lowest BCUT2D eigenvalue weighted by atomic mass is 9.95. The summed E-state index contributed by atoms with van der Waals surface area (Å²) >= 11 is 0. The lowest BCUT2D eigenvalue weighted by molar-refractivity contribution is -0.124. The minimum atomic E-state index is -0.708. The molecule has 86 valence electrons. The first-order valence-corrected chi connectivity index (χ1v) is 4.05. The van der Waals surface area contributed by atoms with E-state index >= 15 is 0 Å². The Morgan fingerprint density at radius 1 is 0.929 bits per heavy atom. The average Bonchev–Trinajstić information content (AvgIpc) is 2.27. The molecule has 0 aromatic heterocycles. The Morgan fingerprint density at radius 2 is 1.21 bits per heavy atom. The van der Waals surface area contributed by atoms with E-state index in [4.69, 9.17) is 25.5 Å². The van der Waals surface area contributed by atoms with Crippen LogP contribution in [0.4, 0.5) is 0 Å². The molecule has 5 N–H and O–H groups in total. The number of hydrogen-bond acceptors (Lipinski definition) is 6. The van der Waals surface area contributed by atoms with Gasteiger partial charge in [0.15, 0.2) is 5.78 Å². The first kappa shape index (κ1) is 15.9. The number of Topliss-reactive ketones (excluding diaryl/α,β-unsaturated/α-hetero) is 1. The molecule has 0 aliphatic rings. The lowest BCUT2D eigenvalue weighted by Gasteiger charge is -2.20. The average molecular weight is 210 g/mol. The first-order chi connectivity index (χ1) is 6.49. The number of carbonyl (C=O) groups is 1. The molecule has 0 atom stereocenters. The molecule has 0 bridgehead atoms. The van der Waals surface area contributed by atoms with Gasteiger partial charge in [-0.3, -0.25) is 4.79 Å². The van der Waals surface area contributed by atoms with E-state index < -0.39 is 24.4 Å². The van der Waals surface area contributed by atoms with Crippen LogP contribution < -0.4 is 0 Å². The zero-order valence-electron chi connectivity index (χ0n) is 8.18. The summed E-state index contributed by atoms with van der Waals surface area (Å²) in [4.78, 5) is 9.68. The second kappa shape index (κ2) is 9.04. The van der Waals surface area contributed by atoms with Crippen molar-refractivity contribution in [3.05, 3.63) is 0 Å². The van der Waals surface area contributed by atoms with Gasteiger partial charge in [0, 0.05) is 5.41 Å². The molecule has 0 heterocycles. The molecule has 0 saturated heterocycles. The van der Waals surface area contributed by atoms with Crippen molar-refractivity contribution < 1.29 is 30.3 Å². The summed E-state index contributed by atoms with van der Waals surface area (Å²) in [5, 5.41) is 41.0. The number of ketones is 1. The Morgan fingerprint density at radius 3 is 1.21 bits per heavy atom. The second-order valence-electron chi connectivity index (χ2n) is 3.14. The van der Waals surface area contributed by atoms with Crippen molar-refractivity contribution in [3.63, 3.8) is 0 Å². The minimum Gasteiger partial charge on any atom is -0.396 e. The van der Waals surface area contributed by atoms with Gasteiger partial charge in [0.2, 0.25) is 0 Å². The number of carbonyl (C=O) groups excluding carboxylic acids is 1. The third kappa shape index (κ3) is 8.09. The van der Waals surface area contributed by atoms with Crippen LogP contribution in [0.5, 0.6) is 0 Å². The summed E-state index contributed by atoms with van der Waals surface area (Å²) in [7, 11) is 0. The molecule has 0 saturated carbocycles. The number of aliphatic hydroxyl groups excluding tert-OH is 5. The monoisotopic (exact) mass is 210 g/mol. The Labute approximate surface area is 82.4 Å². The molecule has 0 aromatic rings. The maximum absolute atomic E-state index is 9.68. The van der Waals surface area contributed by atoms with Crippen LogP contribution in [0.3, 0.4) is 0 Å². The molecule has 0 aliphatic heterocycles. The smallest absolute Gasteiger partial charge is 0.183 e. The van der Waals surface area contributed by atoms with Gasteiger partial charge in [0.1, 0.15) is 13.2 Å². The van der Waals surface area contributed by atoms with Gasteiger partial charge in [0.25, 0.3) is 0 Å². The number of aliphatic hydroxyl groups is 5. The molecule has 0 fully saturated rings. The van der Waals surface area contributed by atoms with Crippen molar-refractivity contribution in [2.45, 2.75) is 6.92 Å². The number of hydrogen-bond donors (Lipinski definition) is 5. The van der Waals surface area contributed by atoms with E-state index in [2.05, 4.69) is 0 Å². The predicted molar refractivity (Wildman–Crippen MR) is 48.5 cm³/mol. The van der Waals surface area contributed by atoms with Crippen molar-refractivity contribution in [1.82, 2.24) is 0 Å². The van der Waals surface area contributed by atoms with E-state index in [9.17, 15) is 4.79 Å². The molecule has 0 radical (unpaired) electrons. The Hall–Kier alpha value is -0.530. The van der Waals surface area contributed by atoms with Crippen LogP contribution in [0, 0.1) is 5.41 Å². The summed E-state index contributed by atoms with van der Waals surface area (Å²) in [5.41, 5.74) is -0.708. The van der Waals surface area contributed by atoms with Gasteiger partial charge >= 0.3 is 0 Å². The topological polar surface area (TPSA) is 118 Å². The van der Waals surface area contributed by atoms with Gasteiger partial charge in [-0.2, -0.15) is 0 Å². The zero-order chi connectivity index (χ0) is 11.6. The maximum Gasteiger partial charge on any atom is 0.183 e. The van der Waals surface area contributed by atoms with Gasteiger partial charge in [-0.1, -0.05) is 6.92 Å². The molecule has 0 unspecified atom stereocenters. The fraction of sp³-hybridized carbons (Fsp3) is 0.875. The standard InChI is InChI=1S/C5H12O3.C3H6O3/c1-5(2-6,3-7)4-8;4-1-3(6)2-5/h6-8H,2-4H2,1H3;4-5H,1-2H2. The van der Waals surface area contributed by atoms with Crippen LogP contribution in [0.1, 0.15) is 6.92 Å². The molecular weight excluding hydrogens is 192 g/mol. The summed E-state index contributed by atoms with van der Waals surface area (Å²) in [6.45, 7) is -0.0556. The molecular formula is C8H18O6. The van der Waals surface area contributed by atoms with Crippen LogP contribution in [0.2, 0.25) is 0 Å². The molecule has 6 nitrogen and oxygen atoms in total. The summed E-state index contributed by atoms with van der Waals surface area (Å²) in [6.07, 6.45) is 0. The third-order valence-electron chi connectivity index (χ3n) is 1.50. The molecule has 14 heavy (non-hydrogen) atoms. The largest absolute Gasteiger partial charge is 0.396 e. The second-order valence-corrected chi connectivity index (χ2v) is 3.14. The van der Waals surface area contributed by atoms with Gasteiger partial charge in [-0.25, -0.2) is 0 Å². The Bertz CT molecular complexity index is 129.